The van der Waals surface area contributed by atoms with E-state index in [1.54, 1.807) is 6.92 Å². The summed E-state index contributed by atoms with van der Waals surface area (Å²) in [6.45, 7) is 2.69. The Labute approximate surface area is 181 Å². The zero-order chi connectivity index (χ0) is 22.6. The maximum absolute atomic E-state index is 12.9. The van der Waals surface area contributed by atoms with Crippen molar-refractivity contribution in [2.45, 2.75) is 16.7 Å². The molecule has 2 aromatic carbocycles. The fourth-order valence-corrected chi connectivity index (χ4v) is 5.37. The molecule has 31 heavy (non-hydrogen) atoms. The molecule has 11 heteroatoms. The Balaban J connectivity index is 1.86. The average molecular weight is 469 g/mol. The summed E-state index contributed by atoms with van der Waals surface area (Å²) < 4.78 is 61.5. The molecule has 1 saturated heterocycles. The predicted octanol–water partition coefficient (Wildman–Crippen LogP) is 1.76. The lowest BCUT2D eigenvalue weighted by Gasteiger charge is -2.26. The predicted molar refractivity (Wildman–Crippen MR) is 115 cm³/mol. The molecule has 0 atom stereocenters. The number of hydrogen-bond acceptors (Lipinski definition) is 7. The van der Waals surface area contributed by atoms with Crippen LogP contribution in [0.1, 0.15) is 17.3 Å². The molecule has 1 N–H and O–H groups in total. The first-order valence-electron chi connectivity index (χ1n) is 9.59. The quantitative estimate of drug-likeness (QED) is 0.658. The van der Waals surface area contributed by atoms with Crippen molar-refractivity contribution in [2.75, 3.05) is 44.5 Å². The average Bonchev–Trinajstić information content (AvgIpc) is 2.79. The van der Waals surface area contributed by atoms with Gasteiger partial charge in [-0.25, -0.2) is 16.8 Å². The Hall–Kier alpha value is -2.47. The number of anilines is 1. The van der Waals surface area contributed by atoms with Gasteiger partial charge in [0.2, 0.25) is 10.0 Å². The molecular formula is C20H24N2O7S2. The molecule has 1 amide bonds. The molecule has 3 rings (SSSR count). The minimum absolute atomic E-state index is 0.0230. The van der Waals surface area contributed by atoms with E-state index in [1.807, 2.05) is 0 Å². The number of benzene rings is 2. The van der Waals surface area contributed by atoms with E-state index in [0.29, 0.717) is 19.0 Å². The van der Waals surface area contributed by atoms with Gasteiger partial charge in [-0.1, -0.05) is 6.92 Å². The van der Waals surface area contributed by atoms with Crippen molar-refractivity contribution in [3.05, 3.63) is 48.0 Å². The minimum atomic E-state index is -3.76. The summed E-state index contributed by atoms with van der Waals surface area (Å²) in [5.41, 5.74) is 0.408. The molecule has 9 nitrogen and oxygen atoms in total. The van der Waals surface area contributed by atoms with E-state index < -0.39 is 25.8 Å². The van der Waals surface area contributed by atoms with Crippen LogP contribution >= 0.6 is 0 Å². The molecular weight excluding hydrogens is 444 g/mol. The highest BCUT2D eigenvalue weighted by molar-refractivity contribution is 7.91. The summed E-state index contributed by atoms with van der Waals surface area (Å²) in [7, 11) is -5.72. The van der Waals surface area contributed by atoms with Gasteiger partial charge in [0, 0.05) is 18.7 Å². The van der Waals surface area contributed by atoms with Crippen LogP contribution in [0.25, 0.3) is 0 Å². The number of methoxy groups -OCH3 is 1. The van der Waals surface area contributed by atoms with Crippen LogP contribution in [0, 0.1) is 0 Å². The normalized spacial score (nSPS) is 15.4. The minimum Gasteiger partial charge on any atom is -0.495 e. The van der Waals surface area contributed by atoms with Crippen LogP contribution in [0.15, 0.2) is 52.3 Å². The highest BCUT2D eigenvalue weighted by Crippen LogP contribution is 2.29. The third-order valence-corrected chi connectivity index (χ3v) is 8.53. The lowest BCUT2D eigenvalue weighted by atomic mass is 10.2. The van der Waals surface area contributed by atoms with Gasteiger partial charge in [0.15, 0.2) is 9.84 Å². The number of carbonyl (C=O) groups excluding carboxylic acids is 1. The van der Waals surface area contributed by atoms with Gasteiger partial charge >= 0.3 is 0 Å². The van der Waals surface area contributed by atoms with Crippen LogP contribution in [0.4, 0.5) is 5.69 Å². The highest BCUT2D eigenvalue weighted by Gasteiger charge is 2.27. The number of morpholine rings is 1. The maximum atomic E-state index is 12.9. The van der Waals surface area contributed by atoms with Crippen LogP contribution < -0.4 is 10.1 Å². The van der Waals surface area contributed by atoms with Crippen molar-refractivity contribution in [2.24, 2.45) is 0 Å². The monoisotopic (exact) mass is 468 g/mol. The lowest BCUT2D eigenvalue weighted by molar-refractivity contribution is 0.0730. The summed E-state index contributed by atoms with van der Waals surface area (Å²) >= 11 is 0. The van der Waals surface area contributed by atoms with Crippen LogP contribution in [0.3, 0.4) is 0 Å². The molecule has 0 bridgehead atoms. The number of ether oxygens (including phenoxy) is 2. The maximum Gasteiger partial charge on any atom is 0.255 e. The van der Waals surface area contributed by atoms with E-state index in [9.17, 15) is 21.6 Å². The number of nitrogens with one attached hydrogen (secondary N) is 1. The van der Waals surface area contributed by atoms with Gasteiger partial charge < -0.3 is 14.8 Å². The molecule has 0 saturated carbocycles. The fourth-order valence-electron chi connectivity index (χ4n) is 3.06. The Morgan fingerprint density at radius 1 is 1.03 bits per heavy atom. The Morgan fingerprint density at radius 3 is 2.23 bits per heavy atom. The van der Waals surface area contributed by atoms with Crippen molar-refractivity contribution < 1.29 is 31.1 Å². The number of rotatable bonds is 7. The molecule has 0 radical (unpaired) electrons. The van der Waals surface area contributed by atoms with E-state index in [-0.39, 0.29) is 39.9 Å². The highest BCUT2D eigenvalue weighted by atomic mass is 32.2. The molecule has 1 fully saturated rings. The number of carbonyl (C=O) groups is 1. The molecule has 1 aliphatic rings. The lowest BCUT2D eigenvalue weighted by Crippen LogP contribution is -2.40. The van der Waals surface area contributed by atoms with Gasteiger partial charge in [-0.3, -0.25) is 4.79 Å². The molecule has 1 heterocycles. The van der Waals surface area contributed by atoms with E-state index in [2.05, 4.69) is 5.32 Å². The SMILES string of the molecule is CCS(=O)(=O)c1ccc(C(=O)Nc2cc(S(=O)(=O)N3CCOCC3)ccc2OC)cc1. The van der Waals surface area contributed by atoms with Crippen LogP contribution in [-0.4, -0.2) is 66.2 Å². The first-order valence-corrected chi connectivity index (χ1v) is 12.7. The number of nitrogens with zero attached hydrogens (tertiary/aromatic N) is 1. The topological polar surface area (TPSA) is 119 Å². The van der Waals surface area contributed by atoms with Crippen molar-refractivity contribution in [3.8, 4) is 5.75 Å². The molecule has 0 aromatic heterocycles. The first kappa shape index (κ1) is 23.2. The van der Waals surface area contributed by atoms with E-state index >= 15 is 0 Å². The van der Waals surface area contributed by atoms with E-state index in [4.69, 9.17) is 9.47 Å². The second-order valence-corrected chi connectivity index (χ2v) is 11.0. The number of hydrogen-bond donors (Lipinski definition) is 1. The van der Waals surface area contributed by atoms with Gasteiger partial charge in [-0.05, 0) is 42.5 Å². The second kappa shape index (κ2) is 9.35. The van der Waals surface area contributed by atoms with Crippen LogP contribution in [0.2, 0.25) is 0 Å². The summed E-state index contributed by atoms with van der Waals surface area (Å²) in [6.07, 6.45) is 0. The Bertz CT molecular complexity index is 1150. The van der Waals surface area contributed by atoms with Crippen molar-refractivity contribution in [3.63, 3.8) is 0 Å². The van der Waals surface area contributed by atoms with Crippen molar-refractivity contribution >= 4 is 31.5 Å². The molecule has 0 aliphatic carbocycles. The zero-order valence-corrected chi connectivity index (χ0v) is 18.8. The van der Waals surface area contributed by atoms with Crippen LogP contribution in [0.5, 0.6) is 5.75 Å². The third-order valence-electron chi connectivity index (χ3n) is 4.88. The molecule has 168 valence electrons. The molecule has 0 spiro atoms. The fraction of sp³-hybridized carbons (Fsp3) is 0.350. The largest absolute Gasteiger partial charge is 0.495 e. The third kappa shape index (κ3) is 5.06. The van der Waals surface area contributed by atoms with Gasteiger partial charge in [0.05, 0.1) is 41.6 Å². The molecule has 1 aliphatic heterocycles. The van der Waals surface area contributed by atoms with Crippen molar-refractivity contribution in [1.82, 2.24) is 4.31 Å². The smallest absolute Gasteiger partial charge is 0.255 e. The number of amides is 1. The van der Waals surface area contributed by atoms with Gasteiger partial charge in [0.25, 0.3) is 5.91 Å². The van der Waals surface area contributed by atoms with E-state index in [1.165, 1.54) is 53.9 Å². The number of sulfonamides is 1. The standard InChI is InChI=1S/C20H24N2O7S2/c1-3-30(24,25)16-6-4-15(5-7-16)20(23)21-18-14-17(8-9-19(18)28-2)31(26,27)22-10-12-29-13-11-22/h4-9,14H,3,10-13H2,1-2H3,(H,21,23). The Kier molecular flexibility index (Phi) is 6.99. The summed E-state index contributed by atoms with van der Waals surface area (Å²) in [5, 5.41) is 2.64. The van der Waals surface area contributed by atoms with Crippen LogP contribution in [-0.2, 0) is 24.6 Å². The van der Waals surface area contributed by atoms with Gasteiger partial charge in [-0.2, -0.15) is 4.31 Å². The van der Waals surface area contributed by atoms with E-state index in [0.717, 1.165) is 0 Å². The summed E-state index contributed by atoms with van der Waals surface area (Å²) in [4.78, 5) is 12.8. The Morgan fingerprint density at radius 2 is 1.65 bits per heavy atom. The second-order valence-electron chi connectivity index (χ2n) is 6.76. The van der Waals surface area contributed by atoms with Gasteiger partial charge in [0.1, 0.15) is 5.75 Å². The molecule has 0 unspecified atom stereocenters. The number of sulfone groups is 1. The first-order chi connectivity index (χ1) is 14.7. The van der Waals surface area contributed by atoms with Gasteiger partial charge in [-0.15, -0.1) is 0 Å². The molecule has 2 aromatic rings. The summed E-state index contributed by atoms with van der Waals surface area (Å²) in [5.74, 6) is -0.278. The zero-order valence-electron chi connectivity index (χ0n) is 17.2. The summed E-state index contributed by atoms with van der Waals surface area (Å²) in [6, 6.07) is 9.77. The van der Waals surface area contributed by atoms with Crippen molar-refractivity contribution in [1.29, 1.82) is 0 Å².